The highest BCUT2D eigenvalue weighted by Gasteiger charge is 2.29. The zero-order valence-electron chi connectivity index (χ0n) is 11.8. The van der Waals surface area contributed by atoms with Crippen LogP contribution in [-0.2, 0) is 9.53 Å². The zero-order valence-corrected chi connectivity index (χ0v) is 14.1. The Kier molecular flexibility index (Phi) is 5.65. The summed E-state index contributed by atoms with van der Waals surface area (Å²) in [7, 11) is 1.37. The summed E-state index contributed by atoms with van der Waals surface area (Å²) in [6, 6.07) is 5.05. The number of hydrogen-bond donors (Lipinski definition) is 0. The number of nitrogens with zero attached hydrogens (tertiary/aromatic N) is 1. The molecule has 114 valence electrons. The summed E-state index contributed by atoms with van der Waals surface area (Å²) in [5.41, 5.74) is 0.542. The van der Waals surface area contributed by atoms with Crippen LogP contribution in [0.2, 0.25) is 5.02 Å². The van der Waals surface area contributed by atoms with Gasteiger partial charge in [0.05, 0.1) is 18.6 Å². The molecule has 4 nitrogen and oxygen atoms in total. The fraction of sp³-hybridized carbons (Fsp3) is 0.467. The maximum Gasteiger partial charge on any atom is 0.307 e. The van der Waals surface area contributed by atoms with Gasteiger partial charge in [-0.05, 0) is 53.4 Å². The molecule has 1 aliphatic heterocycles. The molecule has 1 aliphatic rings. The highest BCUT2D eigenvalue weighted by Crippen LogP contribution is 2.26. The second-order valence-corrected chi connectivity index (χ2v) is 6.32. The average Bonchev–Trinajstić information content (AvgIpc) is 2.49. The summed E-state index contributed by atoms with van der Waals surface area (Å²) >= 11 is 9.36. The van der Waals surface area contributed by atoms with Crippen LogP contribution in [0.5, 0.6) is 0 Å². The van der Waals surface area contributed by atoms with E-state index in [1.165, 1.54) is 7.11 Å². The van der Waals surface area contributed by atoms with Gasteiger partial charge in [-0.25, -0.2) is 0 Å². The van der Waals surface area contributed by atoms with E-state index in [-0.39, 0.29) is 24.3 Å². The number of hydrogen-bond acceptors (Lipinski definition) is 3. The van der Waals surface area contributed by atoms with Crippen LogP contribution < -0.4 is 0 Å². The molecule has 0 aliphatic carbocycles. The number of halogens is 2. The third-order valence-electron chi connectivity index (χ3n) is 3.68. The second-order valence-electron chi connectivity index (χ2n) is 5.06. The number of piperidine rings is 1. The zero-order chi connectivity index (χ0) is 15.4. The van der Waals surface area contributed by atoms with Crippen molar-refractivity contribution in [3.8, 4) is 0 Å². The van der Waals surface area contributed by atoms with Crippen LogP contribution in [0, 0.1) is 0 Å². The molecule has 1 aromatic carbocycles. The fourth-order valence-corrected chi connectivity index (χ4v) is 2.98. The Morgan fingerprint density at radius 3 is 2.86 bits per heavy atom. The number of rotatable bonds is 3. The molecule has 1 unspecified atom stereocenters. The van der Waals surface area contributed by atoms with E-state index in [0.717, 1.165) is 23.7 Å². The summed E-state index contributed by atoms with van der Waals surface area (Å²) in [5, 5.41) is 0.502. The molecule has 0 N–H and O–H groups in total. The van der Waals surface area contributed by atoms with Crippen LogP contribution in [0.25, 0.3) is 0 Å². The van der Waals surface area contributed by atoms with Gasteiger partial charge < -0.3 is 9.64 Å². The van der Waals surface area contributed by atoms with E-state index < -0.39 is 0 Å². The molecule has 0 spiro atoms. The minimum Gasteiger partial charge on any atom is -0.469 e. The van der Waals surface area contributed by atoms with E-state index in [1.807, 2.05) is 0 Å². The van der Waals surface area contributed by atoms with E-state index >= 15 is 0 Å². The molecule has 6 heteroatoms. The van der Waals surface area contributed by atoms with Gasteiger partial charge in [-0.1, -0.05) is 11.6 Å². The Bertz CT molecular complexity index is 550. The number of esters is 1. The highest BCUT2D eigenvalue weighted by molar-refractivity contribution is 9.10. The average molecular weight is 375 g/mol. The maximum absolute atomic E-state index is 12.6. The van der Waals surface area contributed by atoms with Crippen molar-refractivity contribution in [1.82, 2.24) is 4.90 Å². The molecule has 0 saturated carbocycles. The van der Waals surface area contributed by atoms with Gasteiger partial charge in [0, 0.05) is 22.6 Å². The Hall–Kier alpha value is -1.07. The monoisotopic (exact) mass is 373 g/mol. The summed E-state index contributed by atoms with van der Waals surface area (Å²) in [6.45, 7) is 0.661. The molecule has 21 heavy (non-hydrogen) atoms. The van der Waals surface area contributed by atoms with Gasteiger partial charge in [-0.3, -0.25) is 9.59 Å². The van der Waals surface area contributed by atoms with E-state index in [1.54, 1.807) is 23.1 Å². The molecule has 1 saturated heterocycles. The molecule has 1 atom stereocenters. The summed E-state index contributed by atoms with van der Waals surface area (Å²) in [4.78, 5) is 25.9. The minimum absolute atomic E-state index is 0.0852. The van der Waals surface area contributed by atoms with E-state index in [4.69, 9.17) is 16.3 Å². The lowest BCUT2D eigenvalue weighted by Crippen LogP contribution is -2.44. The maximum atomic E-state index is 12.6. The molecular weight excluding hydrogens is 358 g/mol. The normalized spacial score (nSPS) is 18.4. The quantitative estimate of drug-likeness (QED) is 0.759. The van der Waals surface area contributed by atoms with Crippen molar-refractivity contribution < 1.29 is 14.3 Å². The number of ether oxygens (including phenoxy) is 1. The summed E-state index contributed by atoms with van der Waals surface area (Å²) < 4.78 is 5.47. The van der Waals surface area contributed by atoms with Gasteiger partial charge in [0.15, 0.2) is 0 Å². The van der Waals surface area contributed by atoms with Crippen molar-refractivity contribution in [1.29, 1.82) is 0 Å². The number of likely N-dealkylation sites (tertiary alicyclic amines) is 1. The topological polar surface area (TPSA) is 46.6 Å². The van der Waals surface area contributed by atoms with Crippen molar-refractivity contribution in [2.24, 2.45) is 0 Å². The number of benzene rings is 1. The predicted octanol–water partition coefficient (Wildman–Crippen LogP) is 3.66. The van der Waals surface area contributed by atoms with Crippen LogP contribution >= 0.6 is 27.5 Å². The summed E-state index contributed by atoms with van der Waals surface area (Å²) in [6.07, 6.45) is 3.04. The van der Waals surface area contributed by atoms with Gasteiger partial charge >= 0.3 is 5.97 Å². The Balaban J connectivity index is 2.17. The lowest BCUT2D eigenvalue weighted by Gasteiger charge is -2.35. The van der Waals surface area contributed by atoms with Crippen molar-refractivity contribution in [3.05, 3.63) is 33.3 Å². The molecule has 1 aromatic rings. The molecule has 0 aromatic heterocycles. The fourth-order valence-electron chi connectivity index (χ4n) is 2.55. The van der Waals surface area contributed by atoms with Crippen molar-refractivity contribution >= 4 is 39.4 Å². The van der Waals surface area contributed by atoms with Gasteiger partial charge in [-0.15, -0.1) is 0 Å². The molecular formula is C15H17BrClNO3. The molecule has 1 fully saturated rings. The first-order chi connectivity index (χ1) is 10.0. The first-order valence-corrected chi connectivity index (χ1v) is 8.03. The molecule has 0 bridgehead atoms. The SMILES string of the molecule is COC(=O)CC1CCCCN1C(=O)c1ccc(Br)c(Cl)c1. The van der Waals surface area contributed by atoms with E-state index in [9.17, 15) is 9.59 Å². The smallest absolute Gasteiger partial charge is 0.307 e. The number of carbonyl (C=O) groups is 2. The van der Waals surface area contributed by atoms with Crippen LogP contribution in [0.4, 0.5) is 0 Å². The third-order valence-corrected chi connectivity index (χ3v) is 4.92. The van der Waals surface area contributed by atoms with Gasteiger partial charge in [0.2, 0.25) is 0 Å². The van der Waals surface area contributed by atoms with Gasteiger partial charge in [-0.2, -0.15) is 0 Å². The predicted molar refractivity (Wildman–Crippen MR) is 84.5 cm³/mol. The Morgan fingerprint density at radius 2 is 2.19 bits per heavy atom. The van der Waals surface area contributed by atoms with Crippen LogP contribution in [0.15, 0.2) is 22.7 Å². The first kappa shape index (κ1) is 16.3. The Morgan fingerprint density at radius 1 is 1.43 bits per heavy atom. The summed E-state index contributed by atoms with van der Waals surface area (Å²) in [5.74, 6) is -0.369. The van der Waals surface area contributed by atoms with Crippen LogP contribution in [0.3, 0.4) is 0 Å². The van der Waals surface area contributed by atoms with Crippen LogP contribution in [-0.4, -0.2) is 36.5 Å². The Labute approximate surface area is 137 Å². The van der Waals surface area contributed by atoms with Crippen molar-refractivity contribution in [2.45, 2.75) is 31.7 Å². The van der Waals surface area contributed by atoms with Gasteiger partial charge in [0.1, 0.15) is 0 Å². The first-order valence-electron chi connectivity index (χ1n) is 6.85. The highest BCUT2D eigenvalue weighted by atomic mass is 79.9. The van der Waals surface area contributed by atoms with Crippen molar-refractivity contribution in [3.63, 3.8) is 0 Å². The largest absolute Gasteiger partial charge is 0.469 e. The van der Waals surface area contributed by atoms with Gasteiger partial charge in [0.25, 0.3) is 5.91 Å². The molecule has 0 radical (unpaired) electrons. The standard InChI is InChI=1S/C15H17BrClNO3/c1-21-14(19)9-11-4-2-3-7-18(11)15(20)10-5-6-12(16)13(17)8-10/h5-6,8,11H,2-4,7,9H2,1H3. The van der Waals surface area contributed by atoms with E-state index in [0.29, 0.717) is 17.1 Å². The number of methoxy groups -OCH3 is 1. The lowest BCUT2D eigenvalue weighted by molar-refractivity contribution is -0.142. The minimum atomic E-state index is -0.284. The number of carbonyl (C=O) groups excluding carboxylic acids is 2. The third kappa shape index (κ3) is 3.98. The number of amides is 1. The van der Waals surface area contributed by atoms with E-state index in [2.05, 4.69) is 15.9 Å². The molecule has 1 heterocycles. The lowest BCUT2D eigenvalue weighted by atomic mass is 9.98. The van der Waals surface area contributed by atoms with Crippen molar-refractivity contribution in [2.75, 3.05) is 13.7 Å². The van der Waals surface area contributed by atoms with Crippen LogP contribution in [0.1, 0.15) is 36.0 Å². The molecule has 1 amide bonds. The molecule has 2 rings (SSSR count). The second kappa shape index (κ2) is 7.27.